The molecule has 9 heteroatoms. The first kappa shape index (κ1) is 23.6. The highest BCUT2D eigenvalue weighted by Gasteiger charge is 2.44. The first-order chi connectivity index (χ1) is 14.8. The SMILES string of the molecule is CSc1ccccc1CN=C1NC=C([N+](=O)[O-])C(N)(CC2CCC(CN(C)C)CC2)N1. The molecule has 2 aliphatic rings. The van der Waals surface area contributed by atoms with Gasteiger partial charge in [0.05, 0.1) is 17.7 Å². The molecule has 1 heterocycles. The Bertz CT molecular complexity index is 835. The van der Waals surface area contributed by atoms with E-state index in [0.717, 1.165) is 42.7 Å². The first-order valence-electron chi connectivity index (χ1n) is 10.8. The van der Waals surface area contributed by atoms with Gasteiger partial charge in [0.1, 0.15) is 0 Å². The Balaban J connectivity index is 1.69. The number of hydrogen-bond donors (Lipinski definition) is 3. The molecule has 0 bridgehead atoms. The molecule has 1 aliphatic carbocycles. The van der Waals surface area contributed by atoms with Crippen molar-refractivity contribution in [2.75, 3.05) is 26.9 Å². The summed E-state index contributed by atoms with van der Waals surface area (Å²) in [5.74, 6) is 1.53. The fraction of sp³-hybridized carbons (Fsp3) is 0.591. The number of guanidine groups is 1. The molecule has 3 rings (SSSR count). The maximum absolute atomic E-state index is 11.7. The lowest BCUT2D eigenvalue weighted by Crippen LogP contribution is -2.64. The second-order valence-electron chi connectivity index (χ2n) is 8.86. The quantitative estimate of drug-likeness (QED) is 0.320. The molecule has 1 aliphatic heterocycles. The largest absolute Gasteiger partial charge is 0.329 e. The van der Waals surface area contributed by atoms with Crippen molar-refractivity contribution < 1.29 is 4.92 Å². The van der Waals surface area contributed by atoms with E-state index in [2.05, 4.69) is 40.7 Å². The average molecular weight is 447 g/mol. The van der Waals surface area contributed by atoms with Crippen LogP contribution in [0.25, 0.3) is 0 Å². The number of thioether (sulfide) groups is 1. The number of nitrogens with zero attached hydrogens (tertiary/aromatic N) is 3. The van der Waals surface area contributed by atoms with Crippen LogP contribution in [0, 0.1) is 22.0 Å². The molecule has 1 saturated carbocycles. The van der Waals surface area contributed by atoms with Gasteiger partial charge in [0.2, 0.25) is 0 Å². The molecule has 1 unspecified atom stereocenters. The van der Waals surface area contributed by atoms with Gasteiger partial charge in [0, 0.05) is 11.4 Å². The maximum Gasteiger partial charge on any atom is 0.301 e. The van der Waals surface area contributed by atoms with Crippen molar-refractivity contribution in [1.82, 2.24) is 15.5 Å². The van der Waals surface area contributed by atoms with E-state index in [4.69, 9.17) is 5.73 Å². The number of benzene rings is 1. The number of rotatable bonds is 8. The highest BCUT2D eigenvalue weighted by atomic mass is 32.2. The van der Waals surface area contributed by atoms with E-state index in [1.165, 1.54) is 6.20 Å². The third kappa shape index (κ3) is 6.21. The molecule has 0 spiro atoms. The average Bonchev–Trinajstić information content (AvgIpc) is 2.73. The van der Waals surface area contributed by atoms with Crippen LogP contribution < -0.4 is 16.4 Å². The Labute approximate surface area is 188 Å². The van der Waals surface area contributed by atoms with Crippen LogP contribution >= 0.6 is 11.8 Å². The van der Waals surface area contributed by atoms with Crippen molar-refractivity contribution in [1.29, 1.82) is 0 Å². The van der Waals surface area contributed by atoms with Gasteiger partial charge in [-0.1, -0.05) is 18.2 Å². The Hall–Kier alpha value is -2.10. The second kappa shape index (κ2) is 10.5. The summed E-state index contributed by atoms with van der Waals surface area (Å²) in [7, 11) is 4.21. The number of nitro groups is 1. The van der Waals surface area contributed by atoms with Crippen molar-refractivity contribution in [3.63, 3.8) is 0 Å². The fourth-order valence-corrected chi connectivity index (χ4v) is 5.23. The van der Waals surface area contributed by atoms with E-state index < -0.39 is 10.6 Å². The Morgan fingerprint density at radius 3 is 2.58 bits per heavy atom. The predicted molar refractivity (Wildman–Crippen MR) is 126 cm³/mol. The third-order valence-corrected chi connectivity index (χ3v) is 6.98. The van der Waals surface area contributed by atoms with Crippen LogP contribution in [-0.4, -0.2) is 48.3 Å². The highest BCUT2D eigenvalue weighted by molar-refractivity contribution is 7.98. The minimum absolute atomic E-state index is 0.0358. The molecule has 4 N–H and O–H groups in total. The minimum atomic E-state index is -1.23. The van der Waals surface area contributed by atoms with E-state index in [9.17, 15) is 10.1 Å². The van der Waals surface area contributed by atoms with Crippen LogP contribution in [0.2, 0.25) is 0 Å². The van der Waals surface area contributed by atoms with Gasteiger partial charge in [0.25, 0.3) is 0 Å². The molecular formula is C22H34N6O2S. The van der Waals surface area contributed by atoms with E-state index in [1.54, 1.807) is 11.8 Å². The second-order valence-corrected chi connectivity index (χ2v) is 9.71. The van der Waals surface area contributed by atoms with Crippen LogP contribution in [0.15, 0.2) is 46.1 Å². The molecule has 170 valence electrons. The van der Waals surface area contributed by atoms with Gasteiger partial charge in [0.15, 0.2) is 11.6 Å². The summed E-state index contributed by atoms with van der Waals surface area (Å²) in [5.41, 5.74) is 6.45. The van der Waals surface area contributed by atoms with Crippen molar-refractivity contribution >= 4 is 17.7 Å². The van der Waals surface area contributed by atoms with E-state index in [0.29, 0.717) is 30.8 Å². The lowest BCUT2D eigenvalue weighted by molar-refractivity contribution is -0.437. The normalized spacial score (nSPS) is 27.5. The van der Waals surface area contributed by atoms with Gasteiger partial charge < -0.3 is 15.5 Å². The van der Waals surface area contributed by atoms with Crippen LogP contribution in [0.4, 0.5) is 0 Å². The summed E-state index contributed by atoms with van der Waals surface area (Å²) in [6.07, 6.45) is 8.33. The van der Waals surface area contributed by atoms with Crippen molar-refractivity contribution in [3.05, 3.63) is 51.8 Å². The Morgan fingerprint density at radius 1 is 1.26 bits per heavy atom. The zero-order valence-corrected chi connectivity index (χ0v) is 19.5. The summed E-state index contributed by atoms with van der Waals surface area (Å²) < 4.78 is 0. The standard InChI is InChI=1S/C22H34N6O2S/c1-27(2)15-17-10-8-16(9-11-17)12-22(23)20(28(29)30)14-25-21(26-22)24-13-18-6-4-5-7-19(18)31-3/h4-7,14,16-17H,8-13,15,23H2,1-3H3,(H2,24,25,26). The molecule has 0 amide bonds. The van der Waals surface area contributed by atoms with E-state index in [-0.39, 0.29) is 5.70 Å². The molecule has 1 aromatic rings. The summed E-state index contributed by atoms with van der Waals surface area (Å²) in [5, 5.41) is 17.8. The van der Waals surface area contributed by atoms with Crippen LogP contribution in [0.5, 0.6) is 0 Å². The zero-order valence-electron chi connectivity index (χ0n) is 18.6. The van der Waals surface area contributed by atoms with E-state index >= 15 is 0 Å². The van der Waals surface area contributed by atoms with Gasteiger partial charge in [-0.25, -0.2) is 4.99 Å². The van der Waals surface area contributed by atoms with Crippen LogP contribution in [0.3, 0.4) is 0 Å². The Kier molecular flexibility index (Phi) is 7.96. The number of hydrogen-bond acceptors (Lipinski definition) is 6. The molecule has 0 radical (unpaired) electrons. The highest BCUT2D eigenvalue weighted by Crippen LogP contribution is 2.35. The van der Waals surface area contributed by atoms with Gasteiger partial charge in [-0.3, -0.25) is 15.8 Å². The van der Waals surface area contributed by atoms with Gasteiger partial charge in [-0.05, 0) is 75.9 Å². The van der Waals surface area contributed by atoms with Crippen molar-refractivity contribution in [2.45, 2.75) is 49.2 Å². The summed E-state index contributed by atoms with van der Waals surface area (Å²) in [4.78, 5) is 19.3. The molecule has 1 aromatic carbocycles. The summed E-state index contributed by atoms with van der Waals surface area (Å²) >= 11 is 1.67. The lowest BCUT2D eigenvalue weighted by atomic mass is 9.77. The molecule has 1 atom stereocenters. The maximum atomic E-state index is 11.7. The smallest absolute Gasteiger partial charge is 0.301 e. The van der Waals surface area contributed by atoms with Gasteiger partial charge >= 0.3 is 5.70 Å². The molecule has 1 fully saturated rings. The number of aliphatic imine (C=N–C) groups is 1. The molecule has 0 aromatic heterocycles. The molecule has 8 nitrogen and oxygen atoms in total. The molecule has 0 saturated heterocycles. The van der Waals surface area contributed by atoms with Crippen molar-refractivity contribution in [3.8, 4) is 0 Å². The lowest BCUT2D eigenvalue weighted by Gasteiger charge is -2.37. The zero-order chi connectivity index (χ0) is 22.4. The van der Waals surface area contributed by atoms with E-state index in [1.807, 2.05) is 24.5 Å². The Morgan fingerprint density at radius 2 is 1.94 bits per heavy atom. The third-order valence-electron chi connectivity index (χ3n) is 6.14. The molecular weight excluding hydrogens is 412 g/mol. The van der Waals surface area contributed by atoms with Crippen molar-refractivity contribution in [2.24, 2.45) is 22.6 Å². The predicted octanol–water partition coefficient (Wildman–Crippen LogP) is 2.99. The summed E-state index contributed by atoms with van der Waals surface area (Å²) in [6.45, 7) is 1.57. The fourth-order valence-electron chi connectivity index (χ4n) is 4.62. The first-order valence-corrected chi connectivity index (χ1v) is 12.0. The minimum Gasteiger partial charge on any atom is -0.329 e. The van der Waals surface area contributed by atoms with Gasteiger partial charge in [-0.2, -0.15) is 0 Å². The van der Waals surface area contributed by atoms with Crippen LogP contribution in [-0.2, 0) is 6.54 Å². The number of nitrogens with two attached hydrogens (primary N) is 1. The number of nitrogens with one attached hydrogen (secondary N) is 2. The summed E-state index contributed by atoms with van der Waals surface area (Å²) in [6, 6.07) is 8.09. The topological polar surface area (TPSA) is 109 Å². The molecule has 31 heavy (non-hydrogen) atoms. The van der Waals surface area contributed by atoms with Crippen LogP contribution in [0.1, 0.15) is 37.7 Å². The van der Waals surface area contributed by atoms with Gasteiger partial charge in [-0.15, -0.1) is 11.8 Å². The monoisotopic (exact) mass is 446 g/mol.